The van der Waals surface area contributed by atoms with Gasteiger partial charge in [-0.05, 0) is 12.3 Å². The molecule has 0 rings (SSSR count). The molecule has 2 nitrogen and oxygen atoms in total. The third kappa shape index (κ3) is 23.4. The smallest absolute Gasteiger partial charge is 0.303 e. The first-order chi connectivity index (χ1) is 7.54. The first kappa shape index (κ1) is 17.9. The summed E-state index contributed by atoms with van der Waals surface area (Å²) >= 11 is 0. The Hall–Kier alpha value is -0.530. The van der Waals surface area contributed by atoms with Crippen molar-refractivity contribution in [2.45, 2.75) is 79.1 Å². The molecular formula is C14H30O2. The zero-order valence-electron chi connectivity index (χ0n) is 11.6. The van der Waals surface area contributed by atoms with E-state index in [2.05, 4.69) is 27.7 Å². The average molecular weight is 230 g/mol. The van der Waals surface area contributed by atoms with Gasteiger partial charge in [-0.25, -0.2) is 0 Å². The highest BCUT2D eigenvalue weighted by atomic mass is 16.4. The lowest BCUT2D eigenvalue weighted by Crippen LogP contribution is -1.94. The molecule has 0 aliphatic heterocycles. The number of carboxylic acids is 1. The van der Waals surface area contributed by atoms with Crippen LogP contribution in [0.1, 0.15) is 79.1 Å². The SMILES string of the molecule is CC(C)CCCCC(=O)O.CCCCCC. The molecule has 0 atom stereocenters. The number of carbonyl (C=O) groups is 1. The fourth-order valence-electron chi connectivity index (χ4n) is 1.33. The van der Waals surface area contributed by atoms with Crippen molar-refractivity contribution in [2.75, 3.05) is 0 Å². The maximum absolute atomic E-state index is 10.0. The van der Waals surface area contributed by atoms with Crippen molar-refractivity contribution < 1.29 is 9.90 Å². The first-order valence-electron chi connectivity index (χ1n) is 6.76. The largest absolute Gasteiger partial charge is 0.481 e. The van der Waals surface area contributed by atoms with Crippen LogP contribution in [-0.2, 0) is 4.79 Å². The summed E-state index contributed by atoms with van der Waals surface area (Å²) in [6.07, 6.45) is 8.88. The highest BCUT2D eigenvalue weighted by molar-refractivity contribution is 5.66. The van der Waals surface area contributed by atoms with E-state index >= 15 is 0 Å². The summed E-state index contributed by atoms with van der Waals surface area (Å²) in [5.41, 5.74) is 0. The summed E-state index contributed by atoms with van der Waals surface area (Å²) in [7, 11) is 0. The van der Waals surface area contributed by atoms with E-state index in [9.17, 15) is 4.79 Å². The molecule has 0 radical (unpaired) electrons. The molecule has 0 aromatic rings. The summed E-state index contributed by atoms with van der Waals surface area (Å²) in [4.78, 5) is 10.0. The number of carboxylic acid groups (broad SMARTS) is 1. The van der Waals surface area contributed by atoms with E-state index in [4.69, 9.17) is 5.11 Å². The second kappa shape index (κ2) is 14.5. The van der Waals surface area contributed by atoms with Crippen LogP contribution in [0.15, 0.2) is 0 Å². The van der Waals surface area contributed by atoms with E-state index in [0.717, 1.165) is 19.3 Å². The van der Waals surface area contributed by atoms with E-state index < -0.39 is 5.97 Å². The van der Waals surface area contributed by atoms with Gasteiger partial charge < -0.3 is 5.11 Å². The van der Waals surface area contributed by atoms with Crippen LogP contribution in [0.5, 0.6) is 0 Å². The number of hydrogen-bond donors (Lipinski definition) is 1. The predicted octanol–water partition coefficient (Wildman–Crippen LogP) is 4.87. The summed E-state index contributed by atoms with van der Waals surface area (Å²) in [5, 5.41) is 8.28. The normalized spacial score (nSPS) is 9.81. The Labute approximate surface area is 101 Å². The van der Waals surface area contributed by atoms with Crippen molar-refractivity contribution in [3.8, 4) is 0 Å². The highest BCUT2D eigenvalue weighted by Crippen LogP contribution is 2.07. The first-order valence-corrected chi connectivity index (χ1v) is 6.76. The maximum atomic E-state index is 10.0. The van der Waals surface area contributed by atoms with E-state index in [1.54, 1.807) is 0 Å². The van der Waals surface area contributed by atoms with E-state index in [0.29, 0.717) is 12.3 Å². The van der Waals surface area contributed by atoms with Crippen LogP contribution < -0.4 is 0 Å². The zero-order chi connectivity index (χ0) is 12.8. The van der Waals surface area contributed by atoms with Crippen LogP contribution in [0.4, 0.5) is 0 Å². The third-order valence-electron chi connectivity index (χ3n) is 2.38. The minimum Gasteiger partial charge on any atom is -0.481 e. The molecule has 0 aliphatic carbocycles. The molecule has 0 aromatic carbocycles. The quantitative estimate of drug-likeness (QED) is 0.604. The molecule has 2 heteroatoms. The van der Waals surface area contributed by atoms with E-state index in [-0.39, 0.29) is 0 Å². The Morgan fingerprint density at radius 1 is 1.00 bits per heavy atom. The molecule has 1 N–H and O–H groups in total. The van der Waals surface area contributed by atoms with Gasteiger partial charge in [-0.2, -0.15) is 0 Å². The molecule has 0 bridgehead atoms. The van der Waals surface area contributed by atoms with Crippen molar-refractivity contribution in [3.05, 3.63) is 0 Å². The molecule has 0 unspecified atom stereocenters. The molecule has 0 heterocycles. The molecule has 0 fully saturated rings. The lowest BCUT2D eigenvalue weighted by molar-refractivity contribution is -0.137. The summed E-state index contributed by atoms with van der Waals surface area (Å²) in [6.45, 7) is 8.77. The van der Waals surface area contributed by atoms with Crippen molar-refractivity contribution in [1.82, 2.24) is 0 Å². The minimum absolute atomic E-state index is 0.326. The van der Waals surface area contributed by atoms with Gasteiger partial charge in [-0.1, -0.05) is 66.2 Å². The molecule has 0 saturated heterocycles. The molecule has 16 heavy (non-hydrogen) atoms. The van der Waals surface area contributed by atoms with Gasteiger partial charge in [0, 0.05) is 6.42 Å². The van der Waals surface area contributed by atoms with Crippen molar-refractivity contribution >= 4 is 5.97 Å². The number of unbranched alkanes of at least 4 members (excludes halogenated alkanes) is 4. The monoisotopic (exact) mass is 230 g/mol. The van der Waals surface area contributed by atoms with Gasteiger partial charge in [0.2, 0.25) is 0 Å². The number of aliphatic carboxylic acids is 1. The van der Waals surface area contributed by atoms with Crippen LogP contribution in [0.3, 0.4) is 0 Å². The van der Waals surface area contributed by atoms with Crippen molar-refractivity contribution in [3.63, 3.8) is 0 Å². The van der Waals surface area contributed by atoms with Gasteiger partial charge in [0.1, 0.15) is 0 Å². The highest BCUT2D eigenvalue weighted by Gasteiger charge is 1.97. The Bertz CT molecular complexity index is 138. The van der Waals surface area contributed by atoms with Gasteiger partial charge >= 0.3 is 5.97 Å². The number of rotatable bonds is 8. The standard InChI is InChI=1S/C8H16O2.C6H14/c1-7(2)5-3-4-6-8(9)10;1-3-5-6-4-2/h7H,3-6H2,1-2H3,(H,9,10);3-6H2,1-2H3. The van der Waals surface area contributed by atoms with Crippen LogP contribution in [0.2, 0.25) is 0 Å². The Morgan fingerprint density at radius 2 is 1.50 bits per heavy atom. The van der Waals surface area contributed by atoms with Gasteiger partial charge in [0.15, 0.2) is 0 Å². The average Bonchev–Trinajstić information content (AvgIpc) is 2.22. The number of hydrogen-bond acceptors (Lipinski definition) is 1. The van der Waals surface area contributed by atoms with Crippen molar-refractivity contribution in [2.24, 2.45) is 5.92 Å². The topological polar surface area (TPSA) is 37.3 Å². The molecule has 0 aliphatic rings. The van der Waals surface area contributed by atoms with E-state index in [1.165, 1.54) is 25.7 Å². The van der Waals surface area contributed by atoms with Gasteiger partial charge in [-0.3, -0.25) is 4.79 Å². The maximum Gasteiger partial charge on any atom is 0.303 e. The predicted molar refractivity (Wildman–Crippen MR) is 70.8 cm³/mol. The second-order valence-electron chi connectivity index (χ2n) is 4.74. The molecule has 0 spiro atoms. The summed E-state index contributed by atoms with van der Waals surface area (Å²) < 4.78 is 0. The fourth-order valence-corrected chi connectivity index (χ4v) is 1.33. The Kier molecular flexibility index (Phi) is 16.1. The fraction of sp³-hybridized carbons (Fsp3) is 0.929. The summed E-state index contributed by atoms with van der Waals surface area (Å²) in [5.74, 6) is 0.0255. The van der Waals surface area contributed by atoms with Crippen molar-refractivity contribution in [1.29, 1.82) is 0 Å². The zero-order valence-corrected chi connectivity index (χ0v) is 11.6. The van der Waals surface area contributed by atoms with Gasteiger partial charge in [0.25, 0.3) is 0 Å². The molecule has 0 amide bonds. The Balaban J connectivity index is 0. The van der Waals surface area contributed by atoms with Gasteiger partial charge in [0.05, 0.1) is 0 Å². The lowest BCUT2D eigenvalue weighted by Gasteiger charge is -2.01. The van der Waals surface area contributed by atoms with Crippen LogP contribution in [-0.4, -0.2) is 11.1 Å². The molecular weight excluding hydrogens is 200 g/mol. The van der Waals surface area contributed by atoms with Crippen LogP contribution in [0.25, 0.3) is 0 Å². The second-order valence-corrected chi connectivity index (χ2v) is 4.74. The van der Waals surface area contributed by atoms with Crippen LogP contribution >= 0.6 is 0 Å². The molecule has 0 aromatic heterocycles. The third-order valence-corrected chi connectivity index (χ3v) is 2.38. The molecule has 0 saturated carbocycles. The Morgan fingerprint density at radius 3 is 1.81 bits per heavy atom. The van der Waals surface area contributed by atoms with Crippen LogP contribution in [0, 0.1) is 5.92 Å². The van der Waals surface area contributed by atoms with Gasteiger partial charge in [-0.15, -0.1) is 0 Å². The minimum atomic E-state index is -0.677. The molecule has 98 valence electrons. The van der Waals surface area contributed by atoms with E-state index in [1.807, 2.05) is 0 Å². The summed E-state index contributed by atoms with van der Waals surface area (Å²) in [6, 6.07) is 0. The lowest BCUT2D eigenvalue weighted by atomic mass is 10.1.